The summed E-state index contributed by atoms with van der Waals surface area (Å²) in [6.07, 6.45) is 0. The summed E-state index contributed by atoms with van der Waals surface area (Å²) >= 11 is 0. The zero-order valence-corrected chi connectivity index (χ0v) is 8.35. The van der Waals surface area contributed by atoms with Gasteiger partial charge in [-0.2, -0.15) is 0 Å². The lowest BCUT2D eigenvalue weighted by molar-refractivity contribution is 0.508. The molecule has 0 heterocycles. The van der Waals surface area contributed by atoms with Gasteiger partial charge in [0.05, 0.1) is 0 Å². The van der Waals surface area contributed by atoms with Crippen molar-refractivity contribution in [1.29, 1.82) is 0 Å². The van der Waals surface area contributed by atoms with Crippen LogP contribution in [0.2, 0.25) is 0 Å². The number of hydrogen-bond donors (Lipinski definition) is 1. The van der Waals surface area contributed by atoms with Crippen LogP contribution < -0.4 is 10.2 Å². The summed E-state index contributed by atoms with van der Waals surface area (Å²) in [5, 5.41) is 2.98. The third kappa shape index (κ3) is 2.67. The molecule has 2 nitrogen and oxygen atoms in total. The van der Waals surface area contributed by atoms with Crippen molar-refractivity contribution in [3.63, 3.8) is 0 Å². The fraction of sp³-hybridized carbons (Fsp3) is 0.400. The van der Waals surface area contributed by atoms with Gasteiger partial charge in [-0.1, -0.05) is 0 Å². The van der Waals surface area contributed by atoms with Crippen LogP contribution in [0.5, 0.6) is 0 Å². The minimum absolute atomic E-state index is 0.680. The average molecular weight is 200 g/mol. The molecule has 78 valence electrons. The maximum atomic E-state index is 12.8. The zero-order valence-electron chi connectivity index (χ0n) is 8.35. The van der Waals surface area contributed by atoms with Crippen molar-refractivity contribution in [3.8, 4) is 0 Å². The topological polar surface area (TPSA) is 15.3 Å². The van der Waals surface area contributed by atoms with Gasteiger partial charge in [0.25, 0.3) is 0 Å². The van der Waals surface area contributed by atoms with E-state index in [-0.39, 0.29) is 0 Å². The molecule has 0 amide bonds. The SMILES string of the molecule is CNCCN(C)c1ccc(F)c(F)c1. The number of rotatable bonds is 4. The van der Waals surface area contributed by atoms with E-state index in [2.05, 4.69) is 5.32 Å². The van der Waals surface area contributed by atoms with Crippen LogP contribution in [-0.4, -0.2) is 27.2 Å². The number of anilines is 1. The van der Waals surface area contributed by atoms with Crippen molar-refractivity contribution in [2.75, 3.05) is 32.1 Å². The van der Waals surface area contributed by atoms with E-state index in [0.717, 1.165) is 19.2 Å². The van der Waals surface area contributed by atoms with Gasteiger partial charge < -0.3 is 10.2 Å². The molecule has 0 aliphatic heterocycles. The summed E-state index contributed by atoms with van der Waals surface area (Å²) in [7, 11) is 3.68. The second-order valence-electron chi connectivity index (χ2n) is 3.12. The molecule has 1 N–H and O–H groups in total. The molecule has 1 aromatic carbocycles. The monoisotopic (exact) mass is 200 g/mol. The Morgan fingerprint density at radius 1 is 1.29 bits per heavy atom. The molecular formula is C10H14F2N2. The number of hydrogen-bond acceptors (Lipinski definition) is 2. The first-order valence-corrected chi connectivity index (χ1v) is 4.46. The normalized spacial score (nSPS) is 10.3. The lowest BCUT2D eigenvalue weighted by Gasteiger charge is -2.18. The number of benzene rings is 1. The second kappa shape index (κ2) is 4.91. The van der Waals surface area contributed by atoms with Gasteiger partial charge in [-0.15, -0.1) is 0 Å². The van der Waals surface area contributed by atoms with Gasteiger partial charge in [0.2, 0.25) is 0 Å². The minimum atomic E-state index is -0.809. The molecule has 0 fully saturated rings. The molecule has 0 spiro atoms. The Hall–Kier alpha value is -1.16. The average Bonchev–Trinajstić information content (AvgIpc) is 2.18. The quantitative estimate of drug-likeness (QED) is 0.794. The van der Waals surface area contributed by atoms with Gasteiger partial charge >= 0.3 is 0 Å². The molecular weight excluding hydrogens is 186 g/mol. The highest BCUT2D eigenvalue weighted by molar-refractivity contribution is 5.45. The Morgan fingerprint density at radius 3 is 2.57 bits per heavy atom. The smallest absolute Gasteiger partial charge is 0.160 e. The largest absolute Gasteiger partial charge is 0.373 e. The molecule has 0 unspecified atom stereocenters. The van der Waals surface area contributed by atoms with Crippen molar-refractivity contribution in [1.82, 2.24) is 5.32 Å². The summed E-state index contributed by atoms with van der Waals surface area (Å²) in [5.74, 6) is -1.62. The molecule has 1 rings (SSSR count). The Balaban J connectivity index is 2.70. The van der Waals surface area contributed by atoms with Gasteiger partial charge in [0.1, 0.15) is 0 Å². The highest BCUT2D eigenvalue weighted by Gasteiger charge is 2.05. The van der Waals surface area contributed by atoms with E-state index in [4.69, 9.17) is 0 Å². The van der Waals surface area contributed by atoms with Crippen molar-refractivity contribution < 1.29 is 8.78 Å². The summed E-state index contributed by atoms with van der Waals surface area (Å²) in [6.45, 7) is 1.55. The first-order valence-electron chi connectivity index (χ1n) is 4.46. The molecule has 14 heavy (non-hydrogen) atoms. The number of halogens is 2. The van der Waals surface area contributed by atoms with Crippen molar-refractivity contribution in [2.24, 2.45) is 0 Å². The van der Waals surface area contributed by atoms with Crippen LogP contribution in [0, 0.1) is 11.6 Å². The molecule has 0 saturated carbocycles. The van der Waals surface area contributed by atoms with Gasteiger partial charge in [0.15, 0.2) is 11.6 Å². The van der Waals surface area contributed by atoms with Gasteiger partial charge in [-0.3, -0.25) is 0 Å². The Labute approximate surface area is 82.5 Å². The summed E-state index contributed by atoms with van der Waals surface area (Å²) in [5.41, 5.74) is 0.680. The Morgan fingerprint density at radius 2 is 2.00 bits per heavy atom. The molecule has 4 heteroatoms. The maximum absolute atomic E-state index is 12.8. The number of nitrogens with one attached hydrogen (secondary N) is 1. The van der Waals surface area contributed by atoms with Crippen LogP contribution in [-0.2, 0) is 0 Å². The van der Waals surface area contributed by atoms with Crippen molar-refractivity contribution in [3.05, 3.63) is 29.8 Å². The zero-order chi connectivity index (χ0) is 10.6. The lowest BCUT2D eigenvalue weighted by Crippen LogP contribution is -2.27. The Bertz CT molecular complexity index is 302. The van der Waals surface area contributed by atoms with E-state index in [1.54, 1.807) is 6.07 Å². The maximum Gasteiger partial charge on any atom is 0.160 e. The lowest BCUT2D eigenvalue weighted by atomic mass is 10.3. The Kier molecular flexibility index (Phi) is 3.83. The van der Waals surface area contributed by atoms with Gasteiger partial charge in [0, 0.05) is 31.9 Å². The van der Waals surface area contributed by atoms with Gasteiger partial charge in [-0.25, -0.2) is 8.78 Å². The molecule has 0 atom stereocenters. The highest BCUT2D eigenvalue weighted by Crippen LogP contribution is 2.15. The minimum Gasteiger partial charge on any atom is -0.373 e. The fourth-order valence-corrected chi connectivity index (χ4v) is 1.13. The highest BCUT2D eigenvalue weighted by atomic mass is 19.2. The van der Waals surface area contributed by atoms with Crippen molar-refractivity contribution >= 4 is 5.69 Å². The molecule has 0 aliphatic rings. The van der Waals surface area contributed by atoms with E-state index in [1.807, 2.05) is 19.0 Å². The van der Waals surface area contributed by atoms with Crippen molar-refractivity contribution in [2.45, 2.75) is 0 Å². The predicted molar refractivity (Wildman–Crippen MR) is 53.6 cm³/mol. The standard InChI is InChI=1S/C10H14F2N2/c1-13-5-6-14(2)8-3-4-9(11)10(12)7-8/h3-4,7,13H,5-6H2,1-2H3. The van der Waals surface area contributed by atoms with Crippen LogP contribution in [0.3, 0.4) is 0 Å². The number of nitrogens with zero attached hydrogens (tertiary/aromatic N) is 1. The van der Waals surface area contributed by atoms with Crippen LogP contribution in [0.1, 0.15) is 0 Å². The third-order valence-corrected chi connectivity index (χ3v) is 2.04. The third-order valence-electron chi connectivity index (χ3n) is 2.04. The summed E-state index contributed by atoms with van der Waals surface area (Å²) in [6, 6.07) is 3.90. The molecule has 1 aromatic rings. The molecule has 0 aliphatic carbocycles. The molecule has 0 saturated heterocycles. The van der Waals surface area contributed by atoms with Gasteiger partial charge in [-0.05, 0) is 19.2 Å². The van der Waals surface area contributed by atoms with E-state index in [9.17, 15) is 8.78 Å². The van der Waals surface area contributed by atoms with Crippen LogP contribution in [0.4, 0.5) is 14.5 Å². The summed E-state index contributed by atoms with van der Waals surface area (Å²) in [4.78, 5) is 1.86. The van der Waals surface area contributed by atoms with E-state index in [0.29, 0.717) is 5.69 Å². The van der Waals surface area contributed by atoms with Crippen LogP contribution in [0.15, 0.2) is 18.2 Å². The van der Waals surface area contributed by atoms with E-state index < -0.39 is 11.6 Å². The molecule has 0 radical (unpaired) electrons. The van der Waals surface area contributed by atoms with E-state index >= 15 is 0 Å². The van der Waals surface area contributed by atoms with Crippen LogP contribution >= 0.6 is 0 Å². The van der Waals surface area contributed by atoms with Crippen LogP contribution in [0.25, 0.3) is 0 Å². The van der Waals surface area contributed by atoms with E-state index in [1.165, 1.54) is 6.07 Å². The predicted octanol–water partition coefficient (Wildman–Crippen LogP) is 1.62. The first-order chi connectivity index (χ1) is 6.65. The first kappa shape index (κ1) is 10.9. The summed E-state index contributed by atoms with van der Waals surface area (Å²) < 4.78 is 25.5. The second-order valence-corrected chi connectivity index (χ2v) is 3.12. The molecule has 0 bridgehead atoms. The number of likely N-dealkylation sites (N-methyl/N-ethyl adjacent to an activating group) is 2. The molecule has 0 aromatic heterocycles. The fourth-order valence-electron chi connectivity index (χ4n) is 1.13.